The molecule has 38 heavy (non-hydrogen) atoms. The second kappa shape index (κ2) is 14.4. The highest BCUT2D eigenvalue weighted by atomic mass is 15.4. The largest absolute Gasteiger partial charge is 0.367 e. The Morgan fingerprint density at radius 3 is 2.63 bits per heavy atom. The van der Waals surface area contributed by atoms with Crippen molar-refractivity contribution in [3.63, 3.8) is 0 Å². The topological polar surface area (TPSA) is 117 Å². The number of piperidine rings is 1. The molecule has 10 nitrogen and oxygen atoms in total. The Labute approximate surface area is 226 Å². The van der Waals surface area contributed by atoms with Gasteiger partial charge in [-0.2, -0.15) is 4.98 Å². The third-order valence-corrected chi connectivity index (χ3v) is 7.61. The van der Waals surface area contributed by atoms with Gasteiger partial charge in [0, 0.05) is 24.0 Å². The van der Waals surface area contributed by atoms with Crippen LogP contribution < -0.4 is 26.6 Å². The molecule has 3 heterocycles. The summed E-state index contributed by atoms with van der Waals surface area (Å²) in [5.74, 6) is 1.50. The first-order chi connectivity index (χ1) is 18.8. The lowest BCUT2D eigenvalue weighted by Crippen LogP contribution is -2.35. The Morgan fingerprint density at radius 2 is 1.74 bits per heavy atom. The fourth-order valence-electron chi connectivity index (χ4n) is 5.44. The molecule has 0 amide bonds. The zero-order chi connectivity index (χ0) is 25.8. The highest BCUT2D eigenvalue weighted by Gasteiger charge is 2.16. The fraction of sp³-hybridized carbons (Fsp3) is 0.643. The molecule has 3 aromatic rings. The molecular formula is C28H44N10. The molecule has 0 atom stereocenters. The molecule has 2 fully saturated rings. The van der Waals surface area contributed by atoms with Gasteiger partial charge >= 0.3 is 0 Å². The number of rotatable bonds is 14. The van der Waals surface area contributed by atoms with Crippen LogP contribution in [-0.4, -0.2) is 69.8 Å². The van der Waals surface area contributed by atoms with Crippen molar-refractivity contribution in [1.29, 1.82) is 0 Å². The number of fused-ring (bicyclic) bond motifs is 1. The Balaban J connectivity index is 1.03. The summed E-state index contributed by atoms with van der Waals surface area (Å²) in [7, 11) is 0. The molecule has 2 aliphatic rings. The Hall–Kier alpha value is -2.82. The number of aryl methyl sites for hydroxylation is 1. The lowest BCUT2D eigenvalue weighted by molar-refractivity contribution is 0.371. The summed E-state index contributed by atoms with van der Waals surface area (Å²) in [5, 5.41) is 27.4. The quantitative estimate of drug-likeness (QED) is 0.204. The van der Waals surface area contributed by atoms with Crippen LogP contribution in [0, 0.1) is 0 Å². The van der Waals surface area contributed by atoms with Gasteiger partial charge in [0.1, 0.15) is 11.5 Å². The number of para-hydroxylation sites is 1. The summed E-state index contributed by atoms with van der Waals surface area (Å²) in [6.45, 7) is 6.65. The van der Waals surface area contributed by atoms with E-state index in [0.717, 1.165) is 87.0 Å². The summed E-state index contributed by atoms with van der Waals surface area (Å²) in [4.78, 5) is 9.54. The number of nitrogens with zero attached hydrogens (tertiary/aromatic N) is 5. The highest BCUT2D eigenvalue weighted by molar-refractivity contribution is 5.90. The summed E-state index contributed by atoms with van der Waals surface area (Å²) < 4.78 is 1.93. The molecule has 0 unspecified atom stereocenters. The van der Waals surface area contributed by atoms with E-state index in [2.05, 4.69) is 43.0 Å². The van der Waals surface area contributed by atoms with Crippen LogP contribution in [0.1, 0.15) is 63.5 Å². The van der Waals surface area contributed by atoms with E-state index in [4.69, 9.17) is 9.97 Å². The lowest BCUT2D eigenvalue weighted by Gasteiger charge is -2.25. The van der Waals surface area contributed by atoms with Gasteiger partial charge in [0.05, 0.1) is 18.3 Å². The van der Waals surface area contributed by atoms with Crippen molar-refractivity contribution in [3.05, 3.63) is 36.2 Å². The van der Waals surface area contributed by atoms with E-state index in [0.29, 0.717) is 18.5 Å². The van der Waals surface area contributed by atoms with E-state index >= 15 is 0 Å². The Morgan fingerprint density at radius 1 is 0.895 bits per heavy atom. The van der Waals surface area contributed by atoms with E-state index < -0.39 is 0 Å². The first-order valence-corrected chi connectivity index (χ1v) is 14.6. The minimum atomic E-state index is 0.426. The first kappa shape index (κ1) is 26.8. The Bertz CT molecular complexity index is 1100. The number of benzene rings is 1. The summed E-state index contributed by atoms with van der Waals surface area (Å²) >= 11 is 0. The van der Waals surface area contributed by atoms with Crippen molar-refractivity contribution >= 4 is 22.7 Å². The molecule has 1 aliphatic carbocycles. The smallest absolute Gasteiger partial charge is 0.225 e. The van der Waals surface area contributed by atoms with Crippen LogP contribution in [0.25, 0.3) is 10.9 Å². The van der Waals surface area contributed by atoms with E-state index in [1.54, 1.807) is 0 Å². The normalized spacial score (nSPS) is 17.2. The zero-order valence-corrected chi connectivity index (χ0v) is 22.6. The number of nitrogens with one attached hydrogen (secondary N) is 5. The highest BCUT2D eigenvalue weighted by Crippen LogP contribution is 2.24. The average Bonchev–Trinajstić information content (AvgIpc) is 3.42. The molecule has 2 aromatic heterocycles. The first-order valence-electron chi connectivity index (χ1n) is 14.6. The van der Waals surface area contributed by atoms with E-state index in [1.807, 2.05) is 29.1 Å². The van der Waals surface area contributed by atoms with Gasteiger partial charge in [-0.25, -0.2) is 4.98 Å². The van der Waals surface area contributed by atoms with Gasteiger partial charge in [-0.15, -0.1) is 5.10 Å². The monoisotopic (exact) mass is 520 g/mol. The SMILES string of the molecule is c1ccc2c(NC3CCNCC3)nc(NCc3cn(CCCNCCCNC4CCCCC4)nn3)nc2c1. The van der Waals surface area contributed by atoms with Crippen molar-refractivity contribution < 1.29 is 0 Å². The predicted molar refractivity (Wildman–Crippen MR) is 153 cm³/mol. The molecule has 1 aliphatic heterocycles. The van der Waals surface area contributed by atoms with Crippen LogP contribution in [-0.2, 0) is 13.1 Å². The van der Waals surface area contributed by atoms with Crippen LogP contribution in [0.4, 0.5) is 11.8 Å². The van der Waals surface area contributed by atoms with Crippen molar-refractivity contribution in [2.24, 2.45) is 0 Å². The molecule has 5 rings (SSSR count). The number of hydrogen-bond acceptors (Lipinski definition) is 9. The maximum Gasteiger partial charge on any atom is 0.225 e. The molecular weight excluding hydrogens is 476 g/mol. The van der Waals surface area contributed by atoms with Crippen molar-refractivity contribution in [2.75, 3.05) is 43.4 Å². The predicted octanol–water partition coefficient (Wildman–Crippen LogP) is 3.29. The summed E-state index contributed by atoms with van der Waals surface area (Å²) in [6, 6.07) is 9.35. The van der Waals surface area contributed by atoms with E-state index in [-0.39, 0.29) is 0 Å². The zero-order valence-electron chi connectivity index (χ0n) is 22.6. The third kappa shape index (κ3) is 8.09. The molecule has 1 saturated heterocycles. The second-order valence-corrected chi connectivity index (χ2v) is 10.7. The summed E-state index contributed by atoms with van der Waals surface area (Å²) in [5.41, 5.74) is 1.82. The molecule has 1 aromatic carbocycles. The standard InChI is InChI=1S/C28H44N10/c1-2-8-22(9-3-1)31-16-6-14-29-15-7-19-38-21-24(36-37-38)20-32-28-34-26-11-5-4-10-25(26)27(35-28)33-23-12-17-30-18-13-23/h4-5,10-11,21-23,29-31H,1-3,6-9,12-20H2,(H2,32,33,34,35). The van der Waals surface area contributed by atoms with Gasteiger partial charge in [0.15, 0.2) is 0 Å². The van der Waals surface area contributed by atoms with Crippen LogP contribution >= 0.6 is 0 Å². The third-order valence-electron chi connectivity index (χ3n) is 7.61. The number of anilines is 2. The van der Waals surface area contributed by atoms with Gasteiger partial charge < -0.3 is 26.6 Å². The van der Waals surface area contributed by atoms with Gasteiger partial charge in [-0.1, -0.05) is 36.6 Å². The molecule has 5 N–H and O–H groups in total. The van der Waals surface area contributed by atoms with Crippen LogP contribution in [0.15, 0.2) is 30.5 Å². The second-order valence-electron chi connectivity index (χ2n) is 10.7. The molecule has 0 radical (unpaired) electrons. The molecule has 1 saturated carbocycles. The minimum Gasteiger partial charge on any atom is -0.367 e. The van der Waals surface area contributed by atoms with Crippen molar-refractivity contribution in [2.45, 2.75) is 83.0 Å². The van der Waals surface area contributed by atoms with Crippen molar-refractivity contribution in [1.82, 2.24) is 40.9 Å². The molecule has 0 spiro atoms. The van der Waals surface area contributed by atoms with Crippen LogP contribution in [0.5, 0.6) is 0 Å². The number of hydrogen-bond donors (Lipinski definition) is 5. The molecule has 0 bridgehead atoms. The van der Waals surface area contributed by atoms with Gasteiger partial charge in [0.25, 0.3) is 0 Å². The molecule has 206 valence electrons. The van der Waals surface area contributed by atoms with Gasteiger partial charge in [-0.3, -0.25) is 4.68 Å². The maximum atomic E-state index is 4.81. The minimum absolute atomic E-state index is 0.426. The lowest BCUT2D eigenvalue weighted by atomic mass is 9.95. The maximum absolute atomic E-state index is 4.81. The molecule has 10 heteroatoms. The average molecular weight is 521 g/mol. The van der Waals surface area contributed by atoms with Crippen LogP contribution in [0.2, 0.25) is 0 Å². The summed E-state index contributed by atoms with van der Waals surface area (Å²) in [6.07, 6.45) is 13.3. The van der Waals surface area contributed by atoms with E-state index in [9.17, 15) is 0 Å². The Kier molecular flexibility index (Phi) is 10.1. The van der Waals surface area contributed by atoms with Crippen molar-refractivity contribution in [3.8, 4) is 0 Å². The number of aromatic nitrogens is 5. The van der Waals surface area contributed by atoms with Crippen LogP contribution in [0.3, 0.4) is 0 Å². The van der Waals surface area contributed by atoms with E-state index in [1.165, 1.54) is 38.5 Å². The van der Waals surface area contributed by atoms with Gasteiger partial charge in [0.2, 0.25) is 5.95 Å². The fourth-order valence-corrected chi connectivity index (χ4v) is 5.44. The van der Waals surface area contributed by atoms with Gasteiger partial charge in [-0.05, 0) is 83.4 Å².